The molecular weight excluding hydrogens is 362 g/mol. The second-order valence-electron chi connectivity index (χ2n) is 6.50. The molecule has 0 radical (unpaired) electrons. The second kappa shape index (κ2) is 9.73. The van der Waals surface area contributed by atoms with Crippen molar-refractivity contribution >= 4 is 11.5 Å². The Morgan fingerprint density at radius 1 is 1.18 bits per heavy atom. The molecule has 28 heavy (non-hydrogen) atoms. The highest BCUT2D eigenvalue weighted by atomic mass is 16.6. The van der Waals surface area contributed by atoms with Crippen molar-refractivity contribution in [3.8, 4) is 17.2 Å². The highest BCUT2D eigenvalue weighted by molar-refractivity contribution is 5.97. The Morgan fingerprint density at radius 3 is 2.50 bits per heavy atom. The Balaban J connectivity index is 1.91. The van der Waals surface area contributed by atoms with Crippen LogP contribution >= 0.6 is 0 Å². The molecule has 7 heteroatoms. The van der Waals surface area contributed by atoms with E-state index in [-0.39, 0.29) is 17.2 Å². The van der Waals surface area contributed by atoms with Crippen LogP contribution < -0.4 is 9.47 Å². The van der Waals surface area contributed by atoms with Crippen molar-refractivity contribution < 1.29 is 24.3 Å². The summed E-state index contributed by atoms with van der Waals surface area (Å²) < 4.78 is 11.4. The predicted molar refractivity (Wildman–Crippen MR) is 106 cm³/mol. The van der Waals surface area contributed by atoms with E-state index in [9.17, 15) is 20.0 Å². The van der Waals surface area contributed by atoms with Gasteiger partial charge < -0.3 is 14.6 Å². The van der Waals surface area contributed by atoms with Gasteiger partial charge in [0.15, 0.2) is 5.78 Å². The van der Waals surface area contributed by atoms with Crippen molar-refractivity contribution in [3.05, 3.63) is 57.1 Å². The smallest absolute Gasteiger partial charge is 0.272 e. The molecule has 2 aromatic carbocycles. The zero-order chi connectivity index (χ0) is 20.7. The highest BCUT2D eigenvalue weighted by Crippen LogP contribution is 2.33. The van der Waals surface area contributed by atoms with Crippen LogP contribution in [0.2, 0.25) is 0 Å². The molecule has 0 unspecified atom stereocenters. The lowest BCUT2D eigenvalue weighted by molar-refractivity contribution is -0.385. The van der Waals surface area contributed by atoms with E-state index in [0.717, 1.165) is 6.42 Å². The number of nitro benzene ring substituents is 1. The number of rotatable bonds is 10. The maximum absolute atomic E-state index is 11.6. The Bertz CT molecular complexity index is 862. The van der Waals surface area contributed by atoms with Gasteiger partial charge >= 0.3 is 0 Å². The highest BCUT2D eigenvalue weighted by Gasteiger charge is 2.16. The first kappa shape index (κ1) is 21.2. The Morgan fingerprint density at radius 2 is 1.89 bits per heavy atom. The van der Waals surface area contributed by atoms with Gasteiger partial charge in [-0.1, -0.05) is 13.3 Å². The molecule has 0 atom stereocenters. The fourth-order valence-corrected chi connectivity index (χ4v) is 2.88. The molecule has 0 amide bonds. The lowest BCUT2D eigenvalue weighted by Crippen LogP contribution is -2.07. The van der Waals surface area contributed by atoms with Crippen LogP contribution in [0.4, 0.5) is 5.69 Å². The number of nitro groups is 1. The first-order valence-corrected chi connectivity index (χ1v) is 9.21. The quantitative estimate of drug-likeness (QED) is 0.277. The summed E-state index contributed by atoms with van der Waals surface area (Å²) in [6.45, 7) is 5.84. The fourth-order valence-electron chi connectivity index (χ4n) is 2.88. The number of aromatic hydroxyl groups is 1. The first-order chi connectivity index (χ1) is 13.3. The molecule has 0 aliphatic carbocycles. The normalized spacial score (nSPS) is 10.5. The molecular formula is C21H25NO6. The third-order valence-electron chi connectivity index (χ3n) is 4.30. The van der Waals surface area contributed by atoms with E-state index in [1.165, 1.54) is 13.0 Å². The van der Waals surface area contributed by atoms with Crippen molar-refractivity contribution in [2.75, 3.05) is 13.2 Å². The van der Waals surface area contributed by atoms with Crippen molar-refractivity contribution in [3.63, 3.8) is 0 Å². The minimum Gasteiger partial charge on any atom is -0.507 e. The molecule has 0 saturated heterocycles. The van der Waals surface area contributed by atoms with Crippen molar-refractivity contribution in [2.24, 2.45) is 0 Å². The Hall–Kier alpha value is -3.09. The van der Waals surface area contributed by atoms with E-state index in [4.69, 9.17) is 9.47 Å². The fraction of sp³-hybridized carbons (Fsp3) is 0.381. The lowest BCUT2D eigenvalue weighted by atomic mass is 10.0. The van der Waals surface area contributed by atoms with Gasteiger partial charge in [-0.05, 0) is 44.5 Å². The SMILES string of the molecule is CCCc1c(OCCCOc2ccc([N+](=O)[O-])c(C)c2)ccc(C(C)=O)c1O. The average Bonchev–Trinajstić information content (AvgIpc) is 2.63. The number of ketones is 1. The molecule has 2 aromatic rings. The van der Waals surface area contributed by atoms with Crippen molar-refractivity contribution in [1.82, 2.24) is 0 Å². The number of carbonyl (C=O) groups excluding carboxylic acids is 1. The van der Waals surface area contributed by atoms with Gasteiger partial charge in [0.05, 0.1) is 23.7 Å². The number of benzene rings is 2. The minimum atomic E-state index is -0.423. The second-order valence-corrected chi connectivity index (χ2v) is 6.50. The lowest BCUT2D eigenvalue weighted by Gasteiger charge is -2.15. The molecule has 0 aromatic heterocycles. The molecule has 0 fully saturated rings. The van der Waals surface area contributed by atoms with Crippen molar-refractivity contribution in [1.29, 1.82) is 0 Å². The van der Waals surface area contributed by atoms with Crippen LogP contribution in [0.15, 0.2) is 30.3 Å². The molecule has 1 N–H and O–H groups in total. The monoisotopic (exact) mass is 387 g/mol. The number of aryl methyl sites for hydroxylation is 1. The number of hydrogen-bond acceptors (Lipinski definition) is 6. The molecule has 0 spiro atoms. The van der Waals surface area contributed by atoms with Gasteiger partial charge in [0.1, 0.15) is 17.2 Å². The van der Waals surface area contributed by atoms with E-state index in [0.29, 0.717) is 54.2 Å². The van der Waals surface area contributed by atoms with Gasteiger partial charge in [-0.2, -0.15) is 0 Å². The number of phenols is 1. The van der Waals surface area contributed by atoms with Gasteiger partial charge in [0.2, 0.25) is 0 Å². The van der Waals surface area contributed by atoms with Crippen LogP contribution in [-0.4, -0.2) is 29.0 Å². The third kappa shape index (κ3) is 5.22. The van der Waals surface area contributed by atoms with Crippen LogP contribution in [0.3, 0.4) is 0 Å². The van der Waals surface area contributed by atoms with Gasteiger partial charge in [0, 0.05) is 23.6 Å². The van der Waals surface area contributed by atoms with Crippen LogP contribution in [0.25, 0.3) is 0 Å². The number of phenolic OH excluding ortho intramolecular Hbond substituents is 1. The predicted octanol–water partition coefficient (Wildman–Crippen LogP) is 4.61. The maximum Gasteiger partial charge on any atom is 0.272 e. The summed E-state index contributed by atoms with van der Waals surface area (Å²) in [6, 6.07) is 7.92. The summed E-state index contributed by atoms with van der Waals surface area (Å²) in [5.41, 5.74) is 1.55. The van der Waals surface area contributed by atoms with Gasteiger partial charge in [-0.3, -0.25) is 14.9 Å². The summed E-state index contributed by atoms with van der Waals surface area (Å²) in [6.07, 6.45) is 2.02. The zero-order valence-electron chi connectivity index (χ0n) is 16.4. The summed E-state index contributed by atoms with van der Waals surface area (Å²) in [5, 5.41) is 21.2. The van der Waals surface area contributed by atoms with E-state index in [1.54, 1.807) is 31.2 Å². The molecule has 2 rings (SSSR count). The number of nitrogens with zero attached hydrogens (tertiary/aromatic N) is 1. The summed E-state index contributed by atoms with van der Waals surface area (Å²) >= 11 is 0. The minimum absolute atomic E-state index is 0.00976. The van der Waals surface area contributed by atoms with Crippen LogP contribution in [-0.2, 0) is 6.42 Å². The number of ether oxygens (including phenoxy) is 2. The Labute approximate surface area is 164 Å². The van der Waals surface area contributed by atoms with E-state index in [2.05, 4.69) is 0 Å². The average molecular weight is 387 g/mol. The number of carbonyl (C=O) groups is 1. The van der Waals surface area contributed by atoms with Crippen LogP contribution in [0, 0.1) is 17.0 Å². The summed E-state index contributed by atoms with van der Waals surface area (Å²) in [5.74, 6) is 0.936. The summed E-state index contributed by atoms with van der Waals surface area (Å²) in [4.78, 5) is 22.0. The molecule has 7 nitrogen and oxygen atoms in total. The number of Topliss-reactive ketones (excluding diaryl/α,β-unsaturated/α-hetero) is 1. The molecule has 0 aliphatic heterocycles. The molecule has 0 aliphatic rings. The van der Waals surface area contributed by atoms with Gasteiger partial charge in [-0.15, -0.1) is 0 Å². The maximum atomic E-state index is 11.6. The van der Waals surface area contributed by atoms with E-state index < -0.39 is 4.92 Å². The van der Waals surface area contributed by atoms with Crippen molar-refractivity contribution in [2.45, 2.75) is 40.0 Å². The largest absolute Gasteiger partial charge is 0.507 e. The van der Waals surface area contributed by atoms with Gasteiger partial charge in [0.25, 0.3) is 5.69 Å². The van der Waals surface area contributed by atoms with Crippen LogP contribution in [0.1, 0.15) is 48.2 Å². The standard InChI is InChI=1S/C21H25NO6/c1-4-6-18-20(10-8-17(15(3)23)21(18)24)28-12-5-11-27-16-7-9-19(22(25)26)14(2)13-16/h7-10,13,24H,4-6,11-12H2,1-3H3. The molecule has 0 saturated carbocycles. The summed E-state index contributed by atoms with van der Waals surface area (Å²) in [7, 11) is 0. The van der Waals surface area contributed by atoms with Gasteiger partial charge in [-0.25, -0.2) is 0 Å². The Kier molecular flexibility index (Phi) is 7.37. The number of hydrogen-bond donors (Lipinski definition) is 1. The molecule has 0 heterocycles. The molecule has 0 bridgehead atoms. The van der Waals surface area contributed by atoms with Crippen LogP contribution in [0.5, 0.6) is 17.2 Å². The first-order valence-electron chi connectivity index (χ1n) is 9.21. The van der Waals surface area contributed by atoms with E-state index >= 15 is 0 Å². The third-order valence-corrected chi connectivity index (χ3v) is 4.30. The van der Waals surface area contributed by atoms with E-state index in [1.807, 2.05) is 6.92 Å². The topological polar surface area (TPSA) is 98.9 Å². The zero-order valence-corrected chi connectivity index (χ0v) is 16.4. The molecule has 150 valence electrons.